The molecule has 2 heterocycles. The number of rotatable bonds is 9. The van der Waals surface area contributed by atoms with Crippen molar-refractivity contribution in [3.8, 4) is 0 Å². The molecule has 1 aromatic carbocycles. The SMILES string of the molecule is COCCCNC(=O)[C@H](NC(=O)c1ccccc1F)C1CCN(C(=O)c2cccs2)CC1. The van der Waals surface area contributed by atoms with Crippen molar-refractivity contribution < 1.29 is 23.5 Å². The van der Waals surface area contributed by atoms with Gasteiger partial charge in [0.1, 0.15) is 11.9 Å². The van der Waals surface area contributed by atoms with E-state index >= 15 is 0 Å². The van der Waals surface area contributed by atoms with Gasteiger partial charge in [-0.2, -0.15) is 0 Å². The summed E-state index contributed by atoms with van der Waals surface area (Å²) in [5, 5.41) is 7.43. The van der Waals surface area contributed by atoms with Crippen molar-refractivity contribution in [1.29, 1.82) is 0 Å². The van der Waals surface area contributed by atoms with Crippen LogP contribution in [0.2, 0.25) is 0 Å². The maximum absolute atomic E-state index is 14.1. The van der Waals surface area contributed by atoms with Crippen molar-refractivity contribution in [3.05, 3.63) is 58.0 Å². The maximum atomic E-state index is 14.1. The fraction of sp³-hybridized carbons (Fsp3) is 0.435. The lowest BCUT2D eigenvalue weighted by Crippen LogP contribution is -2.54. The number of benzene rings is 1. The second-order valence-corrected chi connectivity index (χ2v) is 8.62. The van der Waals surface area contributed by atoms with Gasteiger partial charge in [0.05, 0.1) is 10.4 Å². The van der Waals surface area contributed by atoms with Gasteiger partial charge >= 0.3 is 0 Å². The van der Waals surface area contributed by atoms with Crippen LogP contribution < -0.4 is 10.6 Å². The van der Waals surface area contributed by atoms with E-state index in [-0.39, 0.29) is 23.3 Å². The Labute approximate surface area is 190 Å². The topological polar surface area (TPSA) is 87.7 Å². The molecule has 1 fully saturated rings. The lowest BCUT2D eigenvalue weighted by molar-refractivity contribution is -0.124. The number of hydrogen-bond donors (Lipinski definition) is 2. The maximum Gasteiger partial charge on any atom is 0.263 e. The molecule has 0 aliphatic carbocycles. The van der Waals surface area contributed by atoms with E-state index in [1.807, 2.05) is 11.4 Å². The van der Waals surface area contributed by atoms with E-state index < -0.39 is 17.8 Å². The standard InChI is InChI=1S/C23H28FN3O4S/c1-31-14-5-11-25-22(29)20(26-21(28)17-6-2-3-7-18(17)24)16-9-12-27(13-10-16)23(30)19-8-4-15-32-19/h2-4,6-8,15-16,20H,5,9-14H2,1H3,(H,25,29)(H,26,28)/t20-/m1/s1. The molecule has 2 aromatic rings. The molecule has 1 saturated heterocycles. The smallest absolute Gasteiger partial charge is 0.263 e. The van der Waals surface area contributed by atoms with Crippen LogP contribution in [0.4, 0.5) is 4.39 Å². The number of likely N-dealkylation sites (tertiary alicyclic amines) is 1. The van der Waals surface area contributed by atoms with Crippen molar-refractivity contribution in [2.45, 2.75) is 25.3 Å². The molecule has 1 atom stereocenters. The Morgan fingerprint density at radius 1 is 1.19 bits per heavy atom. The third kappa shape index (κ3) is 6.14. The first-order valence-electron chi connectivity index (χ1n) is 10.7. The molecule has 0 radical (unpaired) electrons. The lowest BCUT2D eigenvalue weighted by atomic mass is 9.88. The molecule has 1 aromatic heterocycles. The fourth-order valence-electron chi connectivity index (χ4n) is 3.79. The minimum absolute atomic E-state index is 0.0191. The number of carbonyl (C=O) groups excluding carboxylic acids is 3. The Hall–Kier alpha value is -2.78. The van der Waals surface area contributed by atoms with E-state index in [0.717, 1.165) is 0 Å². The molecule has 172 valence electrons. The predicted octanol–water partition coefficient (Wildman–Crippen LogP) is 2.69. The second-order valence-electron chi connectivity index (χ2n) is 7.68. The first-order valence-corrected chi connectivity index (χ1v) is 11.5. The normalized spacial score (nSPS) is 15.2. The van der Waals surface area contributed by atoms with Gasteiger partial charge in [-0.15, -0.1) is 11.3 Å². The number of amides is 3. The molecule has 1 aliphatic rings. The molecule has 0 bridgehead atoms. The molecule has 0 spiro atoms. The minimum Gasteiger partial charge on any atom is -0.385 e. The van der Waals surface area contributed by atoms with Crippen molar-refractivity contribution in [3.63, 3.8) is 0 Å². The van der Waals surface area contributed by atoms with Gasteiger partial charge in [0.25, 0.3) is 11.8 Å². The number of piperidine rings is 1. The van der Waals surface area contributed by atoms with Gasteiger partial charge in [0.15, 0.2) is 0 Å². The van der Waals surface area contributed by atoms with E-state index in [1.54, 1.807) is 24.1 Å². The van der Waals surface area contributed by atoms with Gasteiger partial charge in [-0.05, 0) is 48.8 Å². The number of halogens is 1. The minimum atomic E-state index is -0.816. The number of thiophene rings is 1. The monoisotopic (exact) mass is 461 g/mol. The Morgan fingerprint density at radius 2 is 1.94 bits per heavy atom. The van der Waals surface area contributed by atoms with Crippen molar-refractivity contribution in [1.82, 2.24) is 15.5 Å². The molecular formula is C23H28FN3O4S. The summed E-state index contributed by atoms with van der Waals surface area (Å²) >= 11 is 1.40. The van der Waals surface area contributed by atoms with E-state index in [2.05, 4.69) is 10.6 Å². The van der Waals surface area contributed by atoms with Gasteiger partial charge in [-0.25, -0.2) is 4.39 Å². The highest BCUT2D eigenvalue weighted by Gasteiger charge is 2.34. The lowest BCUT2D eigenvalue weighted by Gasteiger charge is -2.35. The van der Waals surface area contributed by atoms with Gasteiger partial charge in [0.2, 0.25) is 5.91 Å². The zero-order valence-electron chi connectivity index (χ0n) is 18.0. The summed E-state index contributed by atoms with van der Waals surface area (Å²) in [6.45, 7) is 1.90. The van der Waals surface area contributed by atoms with Crippen LogP contribution >= 0.6 is 11.3 Å². The van der Waals surface area contributed by atoms with E-state index in [1.165, 1.54) is 29.5 Å². The highest BCUT2D eigenvalue weighted by Crippen LogP contribution is 2.24. The summed E-state index contributed by atoms with van der Waals surface area (Å²) in [5.41, 5.74) is -0.102. The largest absolute Gasteiger partial charge is 0.385 e. The molecule has 3 rings (SSSR count). The molecular weight excluding hydrogens is 433 g/mol. The Balaban J connectivity index is 1.66. The molecule has 2 N–H and O–H groups in total. The van der Waals surface area contributed by atoms with E-state index in [4.69, 9.17) is 4.74 Å². The molecule has 1 aliphatic heterocycles. The molecule has 9 heteroatoms. The van der Waals surface area contributed by atoms with Crippen LogP contribution in [0, 0.1) is 11.7 Å². The highest BCUT2D eigenvalue weighted by atomic mass is 32.1. The first-order chi connectivity index (χ1) is 15.5. The van der Waals surface area contributed by atoms with Crippen LogP contribution in [0.25, 0.3) is 0 Å². The van der Waals surface area contributed by atoms with E-state index in [9.17, 15) is 18.8 Å². The molecule has 0 saturated carbocycles. The average molecular weight is 462 g/mol. The second kappa shape index (κ2) is 11.7. The summed E-state index contributed by atoms with van der Waals surface area (Å²) in [5.74, 6) is -1.76. The third-order valence-corrected chi connectivity index (χ3v) is 6.40. The van der Waals surface area contributed by atoms with Crippen LogP contribution in [0.1, 0.15) is 39.3 Å². The number of nitrogens with one attached hydrogen (secondary N) is 2. The Bertz CT molecular complexity index is 914. The van der Waals surface area contributed by atoms with Crippen LogP contribution in [0.3, 0.4) is 0 Å². The van der Waals surface area contributed by atoms with Gasteiger partial charge < -0.3 is 20.3 Å². The quantitative estimate of drug-likeness (QED) is 0.562. The summed E-state index contributed by atoms with van der Waals surface area (Å²) < 4.78 is 19.1. The summed E-state index contributed by atoms with van der Waals surface area (Å²) in [7, 11) is 1.59. The van der Waals surface area contributed by atoms with Crippen LogP contribution in [-0.4, -0.2) is 62.0 Å². The van der Waals surface area contributed by atoms with Crippen molar-refractivity contribution >= 4 is 29.1 Å². The third-order valence-electron chi connectivity index (χ3n) is 5.54. The number of ether oxygens (including phenoxy) is 1. The number of methoxy groups -OCH3 is 1. The zero-order chi connectivity index (χ0) is 22.9. The van der Waals surface area contributed by atoms with Crippen molar-refractivity contribution in [2.75, 3.05) is 33.4 Å². The zero-order valence-corrected chi connectivity index (χ0v) is 18.8. The van der Waals surface area contributed by atoms with Gasteiger partial charge in [0, 0.05) is 33.4 Å². The van der Waals surface area contributed by atoms with Crippen LogP contribution in [-0.2, 0) is 9.53 Å². The molecule has 7 nitrogen and oxygen atoms in total. The highest BCUT2D eigenvalue weighted by molar-refractivity contribution is 7.12. The van der Waals surface area contributed by atoms with E-state index in [0.29, 0.717) is 50.4 Å². The first kappa shape index (κ1) is 23.9. The molecule has 3 amide bonds. The summed E-state index contributed by atoms with van der Waals surface area (Å²) in [4.78, 5) is 40.7. The number of hydrogen-bond acceptors (Lipinski definition) is 5. The average Bonchev–Trinajstić information content (AvgIpc) is 3.35. The van der Waals surface area contributed by atoms with Gasteiger partial charge in [-0.1, -0.05) is 18.2 Å². The summed E-state index contributed by atoms with van der Waals surface area (Å²) in [6, 6.07) is 8.50. The van der Waals surface area contributed by atoms with Gasteiger partial charge in [-0.3, -0.25) is 14.4 Å². The van der Waals surface area contributed by atoms with Crippen LogP contribution in [0.5, 0.6) is 0 Å². The predicted molar refractivity (Wildman–Crippen MR) is 120 cm³/mol. The van der Waals surface area contributed by atoms with Crippen LogP contribution in [0.15, 0.2) is 41.8 Å². The Kier molecular flexibility index (Phi) is 8.75. The van der Waals surface area contributed by atoms with Crippen molar-refractivity contribution in [2.24, 2.45) is 5.92 Å². The molecule has 32 heavy (non-hydrogen) atoms. The Morgan fingerprint density at radius 3 is 2.59 bits per heavy atom. The number of carbonyl (C=O) groups is 3. The summed E-state index contributed by atoms with van der Waals surface area (Å²) in [6.07, 6.45) is 1.76. The fourth-order valence-corrected chi connectivity index (χ4v) is 4.48. The number of nitrogens with zero attached hydrogens (tertiary/aromatic N) is 1. The molecule has 0 unspecified atom stereocenters.